The molecule has 2 aromatic heterocycles. The number of hydrogen-bond donors (Lipinski definition) is 0. The average Bonchev–Trinajstić information content (AvgIpc) is 3.02. The van der Waals surface area contributed by atoms with Crippen LogP contribution in [0.4, 0.5) is 0 Å². The van der Waals surface area contributed by atoms with Crippen molar-refractivity contribution in [2.75, 3.05) is 6.61 Å². The molecule has 2 heterocycles. The molecule has 6 nitrogen and oxygen atoms in total. The predicted molar refractivity (Wildman–Crippen MR) is 105 cm³/mol. The van der Waals surface area contributed by atoms with Gasteiger partial charge >= 0.3 is 5.97 Å². The minimum absolute atomic E-state index is 0.0200. The Morgan fingerprint density at radius 3 is 2.70 bits per heavy atom. The number of nitrogens with zero attached hydrogens (tertiary/aromatic N) is 2. The van der Waals surface area contributed by atoms with E-state index in [-0.39, 0.29) is 23.6 Å². The van der Waals surface area contributed by atoms with E-state index in [1.807, 2.05) is 38.1 Å². The van der Waals surface area contributed by atoms with Gasteiger partial charge in [-0.3, -0.25) is 9.59 Å². The number of aromatic nitrogens is 2. The van der Waals surface area contributed by atoms with E-state index in [0.29, 0.717) is 11.4 Å². The van der Waals surface area contributed by atoms with E-state index in [2.05, 4.69) is 5.10 Å². The van der Waals surface area contributed by atoms with Crippen molar-refractivity contribution >= 4 is 33.2 Å². The Hall–Kier alpha value is -2.80. The summed E-state index contributed by atoms with van der Waals surface area (Å²) in [4.78, 5) is 37.1. The normalized spacial score (nSPS) is 10.9. The second-order valence-corrected chi connectivity index (χ2v) is 7.24. The lowest BCUT2D eigenvalue weighted by Gasteiger charge is -2.06. The maximum atomic E-state index is 12.5. The van der Waals surface area contributed by atoms with Crippen molar-refractivity contribution in [3.63, 3.8) is 0 Å². The fourth-order valence-corrected chi connectivity index (χ4v) is 3.87. The summed E-state index contributed by atoms with van der Waals surface area (Å²) in [5.41, 5.74) is 0.645. The first-order valence-corrected chi connectivity index (χ1v) is 9.59. The van der Waals surface area contributed by atoms with Gasteiger partial charge in [0.05, 0.1) is 4.88 Å². The summed E-state index contributed by atoms with van der Waals surface area (Å²) >= 11 is 1.39. The molecule has 0 unspecified atom stereocenters. The smallest absolute Gasteiger partial charge is 0.359 e. The lowest BCUT2D eigenvalue weighted by Crippen LogP contribution is -2.25. The number of hydrogen-bond acceptors (Lipinski definition) is 6. The highest BCUT2D eigenvalue weighted by Crippen LogP contribution is 2.30. The maximum absolute atomic E-state index is 12.5. The fraction of sp³-hybridized carbons (Fsp3) is 0.300. The predicted octanol–water partition coefficient (Wildman–Crippen LogP) is 3.61. The fourth-order valence-electron chi connectivity index (χ4n) is 2.74. The molecule has 0 fully saturated rings. The third kappa shape index (κ3) is 4.14. The summed E-state index contributed by atoms with van der Waals surface area (Å²) in [6.07, 6.45) is 1.70. The molecule has 0 aliphatic rings. The van der Waals surface area contributed by atoms with E-state index in [1.165, 1.54) is 28.2 Å². The number of carbonyl (C=O) groups is 2. The molecule has 0 aliphatic carbocycles. The monoisotopic (exact) mass is 384 g/mol. The molecular weight excluding hydrogens is 364 g/mol. The van der Waals surface area contributed by atoms with Crippen LogP contribution in [-0.2, 0) is 11.3 Å². The highest BCUT2D eigenvalue weighted by Gasteiger charge is 2.18. The quantitative estimate of drug-likeness (QED) is 0.459. The number of ether oxygens (including phenoxy) is 1. The van der Waals surface area contributed by atoms with Gasteiger partial charge in [0, 0.05) is 17.3 Å². The van der Waals surface area contributed by atoms with Gasteiger partial charge in [-0.1, -0.05) is 31.5 Å². The number of unbranched alkanes of at least 4 members (excludes halogenated alkanes) is 1. The zero-order valence-corrected chi connectivity index (χ0v) is 16.0. The van der Waals surface area contributed by atoms with E-state index in [9.17, 15) is 14.4 Å². The number of aryl methyl sites for hydroxylation is 2. The van der Waals surface area contributed by atoms with Gasteiger partial charge in [0.25, 0.3) is 5.56 Å². The van der Waals surface area contributed by atoms with Crippen LogP contribution in [0.25, 0.3) is 10.1 Å². The molecule has 3 aromatic rings. The van der Waals surface area contributed by atoms with Gasteiger partial charge < -0.3 is 4.74 Å². The van der Waals surface area contributed by atoms with Crippen molar-refractivity contribution in [3.8, 4) is 0 Å². The van der Waals surface area contributed by atoms with E-state index < -0.39 is 5.97 Å². The standard InChI is InChI=1S/C20H20N2O4S/c1-3-4-11-22-18(24)10-9-15(21-22)20(25)26-12-16(23)19-13(2)14-7-5-6-8-17(14)27-19/h5-10H,3-4,11-12H2,1-2H3. The minimum atomic E-state index is -0.715. The second kappa shape index (κ2) is 8.26. The lowest BCUT2D eigenvalue weighted by molar-refractivity contribution is 0.0467. The lowest BCUT2D eigenvalue weighted by atomic mass is 10.1. The van der Waals surface area contributed by atoms with E-state index >= 15 is 0 Å². The Morgan fingerprint density at radius 2 is 1.96 bits per heavy atom. The molecule has 0 saturated heterocycles. The molecule has 3 rings (SSSR count). The van der Waals surface area contributed by atoms with Crippen LogP contribution in [0, 0.1) is 6.92 Å². The van der Waals surface area contributed by atoms with Crippen molar-refractivity contribution in [1.29, 1.82) is 0 Å². The molecule has 7 heteroatoms. The molecular formula is C20H20N2O4S. The first kappa shape index (κ1) is 19.0. The Kier molecular flexibility index (Phi) is 5.81. The Labute approximate surface area is 160 Å². The molecule has 1 aromatic carbocycles. The third-order valence-corrected chi connectivity index (χ3v) is 5.54. The molecule has 0 bridgehead atoms. The van der Waals surface area contributed by atoms with Crippen LogP contribution in [-0.4, -0.2) is 28.1 Å². The molecule has 0 atom stereocenters. The molecule has 140 valence electrons. The highest BCUT2D eigenvalue weighted by molar-refractivity contribution is 7.21. The van der Waals surface area contributed by atoms with Crippen molar-refractivity contribution < 1.29 is 14.3 Å². The Bertz CT molecular complexity index is 1050. The van der Waals surface area contributed by atoms with Crippen LogP contribution in [0.15, 0.2) is 41.2 Å². The van der Waals surface area contributed by atoms with Gasteiger partial charge in [-0.15, -0.1) is 11.3 Å². The second-order valence-electron chi connectivity index (χ2n) is 6.19. The van der Waals surface area contributed by atoms with Gasteiger partial charge in [0.1, 0.15) is 0 Å². The van der Waals surface area contributed by atoms with Gasteiger partial charge in [0.15, 0.2) is 12.3 Å². The highest BCUT2D eigenvalue weighted by atomic mass is 32.1. The number of esters is 1. The number of benzene rings is 1. The average molecular weight is 384 g/mol. The Balaban J connectivity index is 1.70. The SMILES string of the molecule is CCCCn1nc(C(=O)OCC(=O)c2sc3ccccc3c2C)ccc1=O. The largest absolute Gasteiger partial charge is 0.452 e. The van der Waals surface area contributed by atoms with Crippen LogP contribution in [0.2, 0.25) is 0 Å². The zero-order valence-electron chi connectivity index (χ0n) is 15.2. The summed E-state index contributed by atoms with van der Waals surface area (Å²) in [5.74, 6) is -0.964. The van der Waals surface area contributed by atoms with E-state index in [0.717, 1.165) is 28.5 Å². The minimum Gasteiger partial charge on any atom is -0.452 e. The molecule has 27 heavy (non-hydrogen) atoms. The number of fused-ring (bicyclic) bond motifs is 1. The van der Waals surface area contributed by atoms with Crippen molar-refractivity contribution in [2.45, 2.75) is 33.2 Å². The van der Waals surface area contributed by atoms with Gasteiger partial charge in [-0.25, -0.2) is 9.48 Å². The molecule has 0 saturated carbocycles. The summed E-state index contributed by atoms with van der Waals surface area (Å²) in [5, 5.41) is 5.06. The van der Waals surface area contributed by atoms with Crippen LogP contribution in [0.1, 0.15) is 45.5 Å². The summed E-state index contributed by atoms with van der Waals surface area (Å²) < 4.78 is 7.41. The summed E-state index contributed by atoms with van der Waals surface area (Å²) in [6, 6.07) is 10.4. The van der Waals surface area contributed by atoms with E-state index in [4.69, 9.17) is 4.74 Å². The van der Waals surface area contributed by atoms with Crippen molar-refractivity contribution in [1.82, 2.24) is 9.78 Å². The van der Waals surface area contributed by atoms with E-state index in [1.54, 1.807) is 0 Å². The van der Waals surface area contributed by atoms with Crippen LogP contribution >= 0.6 is 11.3 Å². The molecule has 0 spiro atoms. The molecule has 0 radical (unpaired) electrons. The molecule has 0 aliphatic heterocycles. The van der Waals surface area contributed by atoms with Gasteiger partial charge in [-0.05, 0) is 36.4 Å². The first-order valence-electron chi connectivity index (χ1n) is 8.78. The van der Waals surface area contributed by atoms with Gasteiger partial charge in [0.2, 0.25) is 5.78 Å². The number of ketones is 1. The number of carbonyl (C=O) groups excluding carboxylic acids is 2. The number of rotatable bonds is 7. The summed E-state index contributed by atoms with van der Waals surface area (Å²) in [7, 11) is 0. The Morgan fingerprint density at radius 1 is 1.19 bits per heavy atom. The van der Waals surface area contributed by atoms with Crippen LogP contribution < -0.4 is 5.56 Å². The summed E-state index contributed by atoms with van der Waals surface area (Å²) in [6.45, 7) is 3.97. The molecule has 0 amide bonds. The van der Waals surface area contributed by atoms with Crippen molar-refractivity contribution in [3.05, 3.63) is 62.9 Å². The van der Waals surface area contributed by atoms with Crippen LogP contribution in [0.5, 0.6) is 0 Å². The van der Waals surface area contributed by atoms with Crippen LogP contribution in [0.3, 0.4) is 0 Å². The number of thiophene rings is 1. The maximum Gasteiger partial charge on any atom is 0.359 e. The van der Waals surface area contributed by atoms with Crippen molar-refractivity contribution in [2.24, 2.45) is 0 Å². The zero-order chi connectivity index (χ0) is 19.4. The topological polar surface area (TPSA) is 78.3 Å². The molecule has 0 N–H and O–H groups in total. The first-order chi connectivity index (χ1) is 13.0. The third-order valence-electron chi connectivity index (χ3n) is 4.23. The number of Topliss-reactive ketones (excluding diaryl/α,β-unsaturated/α-hetero) is 1. The van der Waals surface area contributed by atoms with Gasteiger partial charge in [-0.2, -0.15) is 5.10 Å².